The van der Waals surface area contributed by atoms with E-state index in [-0.39, 0.29) is 5.91 Å². The third-order valence-electron chi connectivity index (χ3n) is 3.54. The van der Waals surface area contributed by atoms with Gasteiger partial charge in [-0.15, -0.1) is 0 Å². The largest absolute Gasteiger partial charge is 0.318 e. The molecule has 0 saturated heterocycles. The number of amides is 1. The van der Waals surface area contributed by atoms with Crippen molar-refractivity contribution >= 4 is 11.6 Å². The van der Waals surface area contributed by atoms with Crippen molar-refractivity contribution in [2.24, 2.45) is 7.05 Å². The van der Waals surface area contributed by atoms with E-state index in [2.05, 4.69) is 34.6 Å². The van der Waals surface area contributed by atoms with Gasteiger partial charge in [0.2, 0.25) is 0 Å². The molecule has 1 aromatic carbocycles. The molecule has 0 spiro atoms. The van der Waals surface area contributed by atoms with Crippen molar-refractivity contribution in [1.29, 1.82) is 0 Å². The second-order valence-electron chi connectivity index (χ2n) is 5.15. The Balaban J connectivity index is 1.70. The number of aryl methyl sites for hydroxylation is 2. The van der Waals surface area contributed by atoms with Crippen LogP contribution in [0.1, 0.15) is 21.6 Å². The van der Waals surface area contributed by atoms with Crippen LogP contribution >= 0.6 is 0 Å². The minimum atomic E-state index is -0.199. The number of hydrogen-bond acceptors (Lipinski definition) is 3. The fraction of sp³-hybridized carbons (Fsp3) is 0.188. The first-order valence-electron chi connectivity index (χ1n) is 7.00. The molecule has 0 radical (unpaired) electrons. The highest BCUT2D eigenvalue weighted by atomic mass is 16.2. The van der Waals surface area contributed by atoms with Gasteiger partial charge in [0.25, 0.3) is 5.91 Å². The molecule has 1 amide bonds. The molecule has 22 heavy (non-hydrogen) atoms. The van der Waals surface area contributed by atoms with E-state index >= 15 is 0 Å². The zero-order valence-electron chi connectivity index (χ0n) is 12.5. The van der Waals surface area contributed by atoms with E-state index in [1.807, 2.05) is 18.3 Å². The molecule has 0 aliphatic rings. The molecule has 0 saturated carbocycles. The van der Waals surface area contributed by atoms with Gasteiger partial charge >= 0.3 is 0 Å². The second-order valence-corrected chi connectivity index (χ2v) is 5.15. The van der Waals surface area contributed by atoms with Gasteiger partial charge in [0, 0.05) is 19.4 Å². The van der Waals surface area contributed by atoms with Crippen LogP contribution in [0.4, 0.5) is 5.69 Å². The van der Waals surface area contributed by atoms with Gasteiger partial charge in [-0.05, 0) is 24.1 Å². The van der Waals surface area contributed by atoms with Gasteiger partial charge in [-0.2, -0.15) is 10.2 Å². The maximum atomic E-state index is 12.1. The zero-order chi connectivity index (χ0) is 15.5. The van der Waals surface area contributed by atoms with E-state index in [4.69, 9.17) is 0 Å². The lowest BCUT2D eigenvalue weighted by molar-refractivity contribution is 0.101. The fourth-order valence-electron chi connectivity index (χ4n) is 2.27. The number of aromatic nitrogens is 4. The first kappa shape index (κ1) is 14.1. The van der Waals surface area contributed by atoms with E-state index in [1.165, 1.54) is 15.8 Å². The van der Waals surface area contributed by atoms with Gasteiger partial charge in [0.05, 0.1) is 18.4 Å². The number of nitrogens with zero attached hydrogens (tertiary/aromatic N) is 4. The Bertz CT molecular complexity index is 802. The summed E-state index contributed by atoms with van der Waals surface area (Å²) in [6.45, 7) is 2.75. The maximum absolute atomic E-state index is 12.1. The molecule has 0 aliphatic carbocycles. The third kappa shape index (κ3) is 2.90. The highest BCUT2D eigenvalue weighted by Gasteiger charge is 2.11. The molecule has 2 heterocycles. The van der Waals surface area contributed by atoms with E-state index in [9.17, 15) is 4.79 Å². The molecule has 3 rings (SSSR count). The van der Waals surface area contributed by atoms with Gasteiger partial charge in [0.1, 0.15) is 5.69 Å². The van der Waals surface area contributed by atoms with Crippen LogP contribution in [-0.4, -0.2) is 25.5 Å². The topological polar surface area (TPSA) is 64.7 Å². The molecule has 0 bridgehead atoms. The second kappa shape index (κ2) is 5.85. The predicted octanol–water partition coefficient (Wildman–Crippen LogP) is 2.23. The van der Waals surface area contributed by atoms with Crippen LogP contribution in [0, 0.1) is 6.92 Å². The van der Waals surface area contributed by atoms with Crippen LogP contribution in [0.25, 0.3) is 0 Å². The average molecular weight is 295 g/mol. The first-order chi connectivity index (χ1) is 10.6. The molecular formula is C16H17N5O. The van der Waals surface area contributed by atoms with E-state index in [0.717, 1.165) is 0 Å². The molecule has 0 atom stereocenters. The van der Waals surface area contributed by atoms with Crippen LogP contribution in [0.5, 0.6) is 0 Å². The summed E-state index contributed by atoms with van der Waals surface area (Å²) in [7, 11) is 1.73. The molecule has 112 valence electrons. The summed E-state index contributed by atoms with van der Waals surface area (Å²) < 4.78 is 3.34. The molecule has 0 fully saturated rings. The van der Waals surface area contributed by atoms with E-state index in [0.29, 0.717) is 17.9 Å². The lowest BCUT2D eigenvalue weighted by atomic mass is 10.1. The molecule has 0 aliphatic heterocycles. The summed E-state index contributed by atoms with van der Waals surface area (Å²) in [4.78, 5) is 12.1. The van der Waals surface area contributed by atoms with Crippen molar-refractivity contribution in [3.8, 4) is 0 Å². The highest BCUT2D eigenvalue weighted by Crippen LogP contribution is 2.12. The normalized spacial score (nSPS) is 10.6. The number of carbonyl (C=O) groups is 1. The van der Waals surface area contributed by atoms with Gasteiger partial charge in [-0.25, -0.2) is 0 Å². The van der Waals surface area contributed by atoms with Crippen molar-refractivity contribution in [3.05, 3.63) is 65.7 Å². The Morgan fingerprint density at radius 1 is 1.23 bits per heavy atom. The van der Waals surface area contributed by atoms with Crippen molar-refractivity contribution in [1.82, 2.24) is 19.6 Å². The van der Waals surface area contributed by atoms with E-state index in [1.54, 1.807) is 30.2 Å². The summed E-state index contributed by atoms with van der Waals surface area (Å²) >= 11 is 0. The summed E-state index contributed by atoms with van der Waals surface area (Å²) in [6.07, 6.45) is 5.06. The maximum Gasteiger partial charge on any atom is 0.274 e. The number of rotatable bonds is 4. The summed E-state index contributed by atoms with van der Waals surface area (Å²) in [5, 5.41) is 11.1. The Hall–Kier alpha value is -2.89. The van der Waals surface area contributed by atoms with Crippen molar-refractivity contribution in [2.75, 3.05) is 5.32 Å². The minimum absolute atomic E-state index is 0.199. The molecule has 2 aromatic heterocycles. The van der Waals surface area contributed by atoms with Gasteiger partial charge in [-0.3, -0.25) is 14.2 Å². The molecule has 6 nitrogen and oxygen atoms in total. The van der Waals surface area contributed by atoms with Crippen LogP contribution < -0.4 is 5.32 Å². The van der Waals surface area contributed by atoms with Gasteiger partial charge in [0.15, 0.2) is 0 Å². The van der Waals surface area contributed by atoms with Gasteiger partial charge in [-0.1, -0.05) is 24.3 Å². The Morgan fingerprint density at radius 3 is 2.77 bits per heavy atom. The SMILES string of the molecule is Cc1ccccc1Cn1cc(NC(=O)c2ccnn2C)cn1. The molecule has 3 aromatic rings. The Kier molecular flexibility index (Phi) is 3.74. The number of carbonyl (C=O) groups excluding carboxylic acids is 1. The smallest absolute Gasteiger partial charge is 0.274 e. The lowest BCUT2D eigenvalue weighted by Gasteiger charge is -2.05. The first-order valence-corrected chi connectivity index (χ1v) is 7.00. The van der Waals surface area contributed by atoms with Crippen molar-refractivity contribution < 1.29 is 4.79 Å². The lowest BCUT2D eigenvalue weighted by Crippen LogP contribution is -2.15. The van der Waals surface area contributed by atoms with Crippen LogP contribution in [0.3, 0.4) is 0 Å². The van der Waals surface area contributed by atoms with Crippen molar-refractivity contribution in [3.63, 3.8) is 0 Å². The summed E-state index contributed by atoms with van der Waals surface area (Å²) in [6, 6.07) is 9.85. The third-order valence-corrected chi connectivity index (χ3v) is 3.54. The monoisotopic (exact) mass is 295 g/mol. The highest BCUT2D eigenvalue weighted by molar-refractivity contribution is 6.02. The van der Waals surface area contributed by atoms with Crippen molar-refractivity contribution in [2.45, 2.75) is 13.5 Å². The molecular weight excluding hydrogens is 278 g/mol. The summed E-state index contributed by atoms with van der Waals surface area (Å²) in [5.41, 5.74) is 3.60. The molecule has 1 N–H and O–H groups in total. The molecule has 6 heteroatoms. The quantitative estimate of drug-likeness (QED) is 0.802. The predicted molar refractivity (Wildman–Crippen MR) is 83.7 cm³/mol. The fourth-order valence-corrected chi connectivity index (χ4v) is 2.27. The standard InChI is InChI=1S/C16H17N5O/c1-12-5-3-4-6-13(12)10-21-11-14(9-18-21)19-16(22)15-7-8-17-20(15)2/h3-9,11H,10H2,1-2H3,(H,19,22). The van der Waals surface area contributed by atoms with E-state index < -0.39 is 0 Å². The number of nitrogens with one attached hydrogen (secondary N) is 1. The summed E-state index contributed by atoms with van der Waals surface area (Å²) in [5.74, 6) is -0.199. The number of anilines is 1. The number of benzene rings is 1. The molecule has 0 unspecified atom stereocenters. The van der Waals surface area contributed by atoms with Crippen LogP contribution in [0.2, 0.25) is 0 Å². The Morgan fingerprint density at radius 2 is 2.05 bits per heavy atom. The van der Waals surface area contributed by atoms with Crippen LogP contribution in [-0.2, 0) is 13.6 Å². The minimum Gasteiger partial charge on any atom is -0.318 e. The van der Waals surface area contributed by atoms with Crippen LogP contribution in [0.15, 0.2) is 48.9 Å². The zero-order valence-corrected chi connectivity index (χ0v) is 12.5. The number of hydrogen-bond donors (Lipinski definition) is 1. The average Bonchev–Trinajstić information content (AvgIpc) is 3.10. The van der Waals surface area contributed by atoms with Gasteiger partial charge < -0.3 is 5.32 Å². The Labute approximate surface area is 128 Å².